The molecule has 1 atom stereocenters. The predicted molar refractivity (Wildman–Crippen MR) is 83.6 cm³/mol. The van der Waals surface area contributed by atoms with Gasteiger partial charge in [-0.25, -0.2) is 13.8 Å². The number of aromatic nitrogens is 1. The largest absolute Gasteiger partial charge is 0.348 e. The number of benzene rings is 1. The van der Waals surface area contributed by atoms with Gasteiger partial charge in [0.05, 0.1) is 0 Å². The van der Waals surface area contributed by atoms with Gasteiger partial charge in [-0.3, -0.25) is 14.9 Å². The second-order valence-electron chi connectivity index (χ2n) is 4.93. The van der Waals surface area contributed by atoms with Crippen molar-refractivity contribution >= 4 is 28.3 Å². The Morgan fingerprint density at radius 2 is 1.87 bits per heavy atom. The van der Waals surface area contributed by atoms with E-state index in [1.165, 1.54) is 5.38 Å². The molecule has 0 saturated heterocycles. The lowest BCUT2D eigenvalue weighted by atomic mass is 10.2. The van der Waals surface area contributed by atoms with Crippen molar-refractivity contribution in [3.05, 3.63) is 46.5 Å². The van der Waals surface area contributed by atoms with Crippen LogP contribution in [0.1, 0.15) is 41.1 Å². The molecule has 0 aliphatic heterocycles. The highest BCUT2D eigenvalue weighted by Crippen LogP contribution is 2.17. The van der Waals surface area contributed by atoms with Crippen LogP contribution >= 0.6 is 11.3 Å². The molecule has 0 unspecified atom stereocenters. The Morgan fingerprint density at radius 3 is 2.48 bits per heavy atom. The van der Waals surface area contributed by atoms with Crippen LogP contribution in [0.5, 0.6) is 0 Å². The molecule has 2 amide bonds. The van der Waals surface area contributed by atoms with E-state index < -0.39 is 17.5 Å². The number of nitrogens with one attached hydrogen (secondary N) is 2. The highest BCUT2D eigenvalue weighted by Gasteiger charge is 2.15. The minimum absolute atomic E-state index is 0.0116. The zero-order chi connectivity index (χ0) is 17.0. The maximum atomic E-state index is 13.1. The zero-order valence-electron chi connectivity index (χ0n) is 12.5. The summed E-state index contributed by atoms with van der Waals surface area (Å²) in [5.41, 5.74) is 0.0133. The Bertz CT molecular complexity index is 713. The molecule has 0 aliphatic carbocycles. The molecule has 8 heteroatoms. The van der Waals surface area contributed by atoms with Crippen LogP contribution in [0.25, 0.3) is 0 Å². The first-order valence-electron chi connectivity index (χ1n) is 6.93. The highest BCUT2D eigenvalue weighted by atomic mass is 32.1. The third-order valence-electron chi connectivity index (χ3n) is 3.07. The first-order chi connectivity index (χ1) is 10.9. The lowest BCUT2D eigenvalue weighted by Crippen LogP contribution is -2.32. The fraction of sp³-hybridized carbons (Fsp3) is 0.267. The van der Waals surface area contributed by atoms with E-state index in [2.05, 4.69) is 15.6 Å². The van der Waals surface area contributed by atoms with Crippen LogP contribution in [-0.2, 0) is 0 Å². The van der Waals surface area contributed by atoms with Crippen LogP contribution in [-0.4, -0.2) is 22.8 Å². The van der Waals surface area contributed by atoms with E-state index in [1.54, 1.807) is 0 Å². The highest BCUT2D eigenvalue weighted by molar-refractivity contribution is 7.14. The number of halogens is 2. The fourth-order valence-electron chi connectivity index (χ4n) is 1.69. The van der Waals surface area contributed by atoms with Crippen LogP contribution in [0.2, 0.25) is 0 Å². The van der Waals surface area contributed by atoms with Crippen LogP contribution in [0.15, 0.2) is 23.6 Å². The van der Waals surface area contributed by atoms with Gasteiger partial charge in [-0.05, 0) is 25.5 Å². The molecular formula is C15H15F2N3O2S. The second-order valence-corrected chi connectivity index (χ2v) is 5.79. The molecule has 2 N–H and O–H groups in total. The maximum absolute atomic E-state index is 13.1. The molecule has 122 valence electrons. The normalized spacial score (nSPS) is 11.8. The average Bonchev–Trinajstić information content (AvgIpc) is 2.94. The van der Waals surface area contributed by atoms with Crippen LogP contribution in [0, 0.1) is 11.6 Å². The van der Waals surface area contributed by atoms with Gasteiger partial charge >= 0.3 is 0 Å². The van der Waals surface area contributed by atoms with Gasteiger partial charge in [0, 0.05) is 23.1 Å². The zero-order valence-corrected chi connectivity index (χ0v) is 13.3. The van der Waals surface area contributed by atoms with E-state index in [-0.39, 0.29) is 28.3 Å². The van der Waals surface area contributed by atoms with Gasteiger partial charge < -0.3 is 5.32 Å². The van der Waals surface area contributed by atoms with Crippen molar-refractivity contribution in [1.29, 1.82) is 0 Å². The van der Waals surface area contributed by atoms with E-state index in [0.29, 0.717) is 6.07 Å². The number of thiazole rings is 1. The van der Waals surface area contributed by atoms with Gasteiger partial charge in [0.1, 0.15) is 17.3 Å². The third kappa shape index (κ3) is 4.56. The Balaban J connectivity index is 2.06. The summed E-state index contributed by atoms with van der Waals surface area (Å²) in [4.78, 5) is 27.8. The van der Waals surface area contributed by atoms with Crippen molar-refractivity contribution in [3.63, 3.8) is 0 Å². The van der Waals surface area contributed by atoms with Gasteiger partial charge in [0.25, 0.3) is 11.8 Å². The number of hydrogen-bond donors (Lipinski definition) is 2. The summed E-state index contributed by atoms with van der Waals surface area (Å²) in [7, 11) is 0. The molecular weight excluding hydrogens is 324 g/mol. The minimum Gasteiger partial charge on any atom is -0.348 e. The molecule has 0 aliphatic rings. The fourth-order valence-corrected chi connectivity index (χ4v) is 2.38. The molecule has 2 aromatic rings. The Labute approximate surface area is 135 Å². The number of hydrogen-bond acceptors (Lipinski definition) is 4. The molecule has 23 heavy (non-hydrogen) atoms. The summed E-state index contributed by atoms with van der Waals surface area (Å²) < 4.78 is 26.2. The number of carbonyl (C=O) groups is 2. The lowest BCUT2D eigenvalue weighted by molar-refractivity contribution is 0.0933. The van der Waals surface area contributed by atoms with Crippen molar-refractivity contribution in [1.82, 2.24) is 10.3 Å². The van der Waals surface area contributed by atoms with E-state index >= 15 is 0 Å². The molecule has 2 rings (SSSR count). The monoisotopic (exact) mass is 339 g/mol. The van der Waals surface area contributed by atoms with E-state index in [4.69, 9.17) is 0 Å². The SMILES string of the molecule is CC[C@H](C)NC(=O)c1csc(NC(=O)c2cc(F)cc(F)c2)n1. The van der Waals surface area contributed by atoms with E-state index in [1.807, 2.05) is 13.8 Å². The van der Waals surface area contributed by atoms with Gasteiger partial charge in [0.15, 0.2) is 5.13 Å². The first kappa shape index (κ1) is 17.0. The summed E-state index contributed by atoms with van der Waals surface area (Å²) in [6, 6.07) is 2.53. The number of amides is 2. The quantitative estimate of drug-likeness (QED) is 0.879. The molecule has 1 heterocycles. The summed E-state index contributed by atoms with van der Waals surface area (Å²) in [5.74, 6) is -2.73. The minimum atomic E-state index is -0.845. The Morgan fingerprint density at radius 1 is 1.22 bits per heavy atom. The molecule has 0 radical (unpaired) electrons. The van der Waals surface area contributed by atoms with Gasteiger partial charge in [0.2, 0.25) is 0 Å². The number of anilines is 1. The molecule has 0 saturated carbocycles. The summed E-state index contributed by atoms with van der Waals surface area (Å²) in [5, 5.41) is 6.84. The Hall–Kier alpha value is -2.35. The van der Waals surface area contributed by atoms with Crippen molar-refractivity contribution in [3.8, 4) is 0 Å². The van der Waals surface area contributed by atoms with Gasteiger partial charge in [-0.2, -0.15) is 0 Å². The van der Waals surface area contributed by atoms with Gasteiger partial charge in [-0.15, -0.1) is 11.3 Å². The summed E-state index contributed by atoms with van der Waals surface area (Å²) in [6.07, 6.45) is 0.782. The van der Waals surface area contributed by atoms with Crippen LogP contribution in [0.4, 0.5) is 13.9 Å². The molecule has 0 fully saturated rings. The van der Waals surface area contributed by atoms with E-state index in [9.17, 15) is 18.4 Å². The van der Waals surface area contributed by atoms with Crippen molar-refractivity contribution in [2.45, 2.75) is 26.3 Å². The maximum Gasteiger partial charge on any atom is 0.271 e. The third-order valence-corrected chi connectivity index (χ3v) is 3.83. The van der Waals surface area contributed by atoms with Crippen LogP contribution < -0.4 is 10.6 Å². The van der Waals surface area contributed by atoms with Gasteiger partial charge in [-0.1, -0.05) is 6.92 Å². The second kappa shape index (κ2) is 7.28. The first-order valence-corrected chi connectivity index (χ1v) is 7.81. The predicted octanol–water partition coefficient (Wildman–Crippen LogP) is 3.20. The smallest absolute Gasteiger partial charge is 0.271 e. The topological polar surface area (TPSA) is 71.1 Å². The molecule has 0 bridgehead atoms. The molecule has 0 spiro atoms. The van der Waals surface area contributed by atoms with Crippen molar-refractivity contribution in [2.75, 3.05) is 5.32 Å². The van der Waals surface area contributed by atoms with E-state index in [0.717, 1.165) is 29.9 Å². The van der Waals surface area contributed by atoms with Crippen molar-refractivity contribution in [2.24, 2.45) is 0 Å². The molecule has 5 nitrogen and oxygen atoms in total. The van der Waals surface area contributed by atoms with Crippen LogP contribution in [0.3, 0.4) is 0 Å². The molecule has 1 aromatic heterocycles. The van der Waals surface area contributed by atoms with Crippen molar-refractivity contribution < 1.29 is 18.4 Å². The average molecular weight is 339 g/mol. The Kier molecular flexibility index (Phi) is 5.38. The lowest BCUT2D eigenvalue weighted by Gasteiger charge is -2.09. The number of nitrogens with zero attached hydrogens (tertiary/aromatic N) is 1. The number of carbonyl (C=O) groups excluding carboxylic acids is 2. The standard InChI is InChI=1S/C15H15F2N3O2S/c1-3-8(2)18-14(22)12-7-23-15(19-12)20-13(21)9-4-10(16)6-11(17)5-9/h4-8H,3H2,1-2H3,(H,18,22)(H,19,20,21)/t8-/m0/s1. The summed E-state index contributed by atoms with van der Waals surface area (Å²) in [6.45, 7) is 3.81. The molecule has 1 aromatic carbocycles. The summed E-state index contributed by atoms with van der Waals surface area (Å²) >= 11 is 1.05. The number of rotatable bonds is 5.